The summed E-state index contributed by atoms with van der Waals surface area (Å²) in [6.07, 6.45) is 7.54. The second kappa shape index (κ2) is 5.16. The summed E-state index contributed by atoms with van der Waals surface area (Å²) >= 11 is 0. The van der Waals surface area contributed by atoms with Crippen LogP contribution in [0.5, 0.6) is 0 Å². The lowest BCUT2D eigenvalue weighted by Crippen LogP contribution is -2.44. The van der Waals surface area contributed by atoms with E-state index in [0.717, 1.165) is 39.0 Å². The molecule has 2 amide bonds. The topological polar surface area (TPSA) is 41.6 Å². The van der Waals surface area contributed by atoms with E-state index in [1.807, 2.05) is 11.0 Å². The Morgan fingerprint density at radius 1 is 1.53 bits per heavy atom. The molecule has 0 aromatic rings. The molecular weight excluding hydrogens is 192 g/mol. The fourth-order valence-electron chi connectivity index (χ4n) is 1.94. The Balaban J connectivity index is 1.69. The summed E-state index contributed by atoms with van der Waals surface area (Å²) in [6.45, 7) is 3.05. The van der Waals surface area contributed by atoms with E-state index in [4.69, 9.17) is 4.74 Å². The number of ether oxygens (including phenoxy) is 1. The molecule has 2 aliphatic rings. The number of rotatable bonds is 2. The lowest BCUT2D eigenvalue weighted by atomic mass is 10.2. The largest absolute Gasteiger partial charge is 0.376 e. The van der Waals surface area contributed by atoms with Gasteiger partial charge in [0.05, 0.1) is 6.10 Å². The average Bonchev–Trinajstić information content (AvgIpc) is 2.80. The zero-order chi connectivity index (χ0) is 10.5. The number of carbonyl (C=O) groups is 1. The van der Waals surface area contributed by atoms with Gasteiger partial charge in [-0.3, -0.25) is 0 Å². The van der Waals surface area contributed by atoms with Crippen LogP contribution < -0.4 is 5.32 Å². The fraction of sp³-hybridized carbons (Fsp3) is 0.727. The Kier molecular flexibility index (Phi) is 3.61. The van der Waals surface area contributed by atoms with E-state index >= 15 is 0 Å². The van der Waals surface area contributed by atoms with Gasteiger partial charge >= 0.3 is 6.03 Å². The predicted molar refractivity (Wildman–Crippen MR) is 57.7 cm³/mol. The van der Waals surface area contributed by atoms with Crippen LogP contribution >= 0.6 is 0 Å². The van der Waals surface area contributed by atoms with Crippen molar-refractivity contribution in [3.8, 4) is 0 Å². The van der Waals surface area contributed by atoms with E-state index in [-0.39, 0.29) is 12.1 Å². The maximum absolute atomic E-state index is 11.7. The molecule has 2 heterocycles. The first-order valence-electron chi connectivity index (χ1n) is 5.65. The minimum atomic E-state index is 0.0369. The van der Waals surface area contributed by atoms with Crippen molar-refractivity contribution in [3.05, 3.63) is 12.2 Å². The molecule has 2 aliphatic heterocycles. The van der Waals surface area contributed by atoms with Crippen molar-refractivity contribution in [2.75, 3.05) is 26.2 Å². The van der Waals surface area contributed by atoms with Crippen LogP contribution in [0, 0.1) is 0 Å². The highest BCUT2D eigenvalue weighted by Gasteiger charge is 2.18. The van der Waals surface area contributed by atoms with Gasteiger partial charge in [-0.05, 0) is 19.3 Å². The molecule has 84 valence electrons. The Labute approximate surface area is 90.3 Å². The number of nitrogens with one attached hydrogen (secondary N) is 1. The number of urea groups is 1. The van der Waals surface area contributed by atoms with Crippen molar-refractivity contribution >= 4 is 6.03 Å². The third-order valence-electron chi connectivity index (χ3n) is 2.85. The number of hydrogen-bond acceptors (Lipinski definition) is 2. The number of hydrogen-bond donors (Lipinski definition) is 1. The maximum Gasteiger partial charge on any atom is 0.317 e. The molecular formula is C11H18N2O2. The normalized spacial score (nSPS) is 25.6. The highest BCUT2D eigenvalue weighted by atomic mass is 16.5. The average molecular weight is 210 g/mol. The van der Waals surface area contributed by atoms with E-state index in [9.17, 15) is 4.79 Å². The summed E-state index contributed by atoms with van der Waals surface area (Å²) in [6, 6.07) is 0.0369. The van der Waals surface area contributed by atoms with Gasteiger partial charge < -0.3 is 15.0 Å². The molecule has 0 spiro atoms. The molecule has 15 heavy (non-hydrogen) atoms. The third kappa shape index (κ3) is 2.96. The van der Waals surface area contributed by atoms with Gasteiger partial charge in [-0.2, -0.15) is 0 Å². The van der Waals surface area contributed by atoms with E-state index in [2.05, 4.69) is 11.4 Å². The van der Waals surface area contributed by atoms with Crippen molar-refractivity contribution in [1.82, 2.24) is 10.2 Å². The molecule has 0 bridgehead atoms. The zero-order valence-corrected chi connectivity index (χ0v) is 8.95. The summed E-state index contributed by atoms with van der Waals surface area (Å²) in [5.74, 6) is 0. The smallest absolute Gasteiger partial charge is 0.317 e. The molecule has 0 saturated carbocycles. The molecule has 4 nitrogen and oxygen atoms in total. The Morgan fingerprint density at radius 2 is 2.47 bits per heavy atom. The van der Waals surface area contributed by atoms with Gasteiger partial charge in [-0.1, -0.05) is 12.2 Å². The Bertz CT molecular complexity index is 247. The molecule has 1 saturated heterocycles. The number of amides is 2. The van der Waals surface area contributed by atoms with Gasteiger partial charge in [0.1, 0.15) is 0 Å². The van der Waals surface area contributed by atoms with E-state index < -0.39 is 0 Å². The first-order chi connectivity index (χ1) is 7.36. The first kappa shape index (κ1) is 10.5. The van der Waals surface area contributed by atoms with Crippen LogP contribution in [0.25, 0.3) is 0 Å². The highest BCUT2D eigenvalue weighted by molar-refractivity contribution is 5.74. The van der Waals surface area contributed by atoms with Crippen molar-refractivity contribution in [2.24, 2.45) is 0 Å². The van der Waals surface area contributed by atoms with Crippen molar-refractivity contribution in [2.45, 2.75) is 25.4 Å². The van der Waals surface area contributed by atoms with Crippen LogP contribution in [0.4, 0.5) is 4.79 Å². The Morgan fingerprint density at radius 3 is 3.13 bits per heavy atom. The van der Waals surface area contributed by atoms with E-state index in [1.165, 1.54) is 0 Å². The van der Waals surface area contributed by atoms with Gasteiger partial charge in [-0.25, -0.2) is 4.79 Å². The molecule has 2 rings (SSSR count). The zero-order valence-electron chi connectivity index (χ0n) is 8.95. The number of nitrogens with zero attached hydrogens (tertiary/aromatic N) is 1. The molecule has 1 atom stereocenters. The van der Waals surface area contributed by atoms with Crippen molar-refractivity contribution in [3.63, 3.8) is 0 Å². The van der Waals surface area contributed by atoms with Gasteiger partial charge in [0, 0.05) is 26.2 Å². The second-order valence-electron chi connectivity index (χ2n) is 4.03. The van der Waals surface area contributed by atoms with Crippen LogP contribution in [0.2, 0.25) is 0 Å². The fourth-order valence-corrected chi connectivity index (χ4v) is 1.94. The van der Waals surface area contributed by atoms with Crippen LogP contribution in [0.1, 0.15) is 19.3 Å². The third-order valence-corrected chi connectivity index (χ3v) is 2.85. The molecule has 0 aliphatic carbocycles. The molecule has 1 fully saturated rings. The molecule has 1 unspecified atom stereocenters. The van der Waals surface area contributed by atoms with Crippen LogP contribution in [0.3, 0.4) is 0 Å². The van der Waals surface area contributed by atoms with Crippen LogP contribution in [-0.2, 0) is 4.74 Å². The van der Waals surface area contributed by atoms with Crippen LogP contribution in [-0.4, -0.2) is 43.3 Å². The van der Waals surface area contributed by atoms with Crippen LogP contribution in [0.15, 0.2) is 12.2 Å². The molecule has 4 heteroatoms. The molecule has 0 aromatic carbocycles. The standard InChI is InChI=1S/C11H18N2O2/c14-11(13-6-2-1-3-7-13)12-9-10-5-4-8-15-10/h1-2,10H,3-9H2,(H,12,14). The monoisotopic (exact) mass is 210 g/mol. The minimum Gasteiger partial charge on any atom is -0.376 e. The molecule has 0 radical (unpaired) electrons. The highest BCUT2D eigenvalue weighted by Crippen LogP contribution is 2.10. The quantitative estimate of drug-likeness (QED) is 0.694. The van der Waals surface area contributed by atoms with Gasteiger partial charge in [0.15, 0.2) is 0 Å². The van der Waals surface area contributed by atoms with Crippen molar-refractivity contribution < 1.29 is 9.53 Å². The Hall–Kier alpha value is -1.03. The number of carbonyl (C=O) groups excluding carboxylic acids is 1. The summed E-state index contributed by atoms with van der Waals surface area (Å²) in [5.41, 5.74) is 0. The lowest BCUT2D eigenvalue weighted by molar-refractivity contribution is 0.109. The van der Waals surface area contributed by atoms with Crippen molar-refractivity contribution in [1.29, 1.82) is 0 Å². The predicted octanol–water partition coefficient (Wildman–Crippen LogP) is 1.14. The van der Waals surface area contributed by atoms with E-state index in [0.29, 0.717) is 6.54 Å². The van der Waals surface area contributed by atoms with Gasteiger partial charge in [0.25, 0.3) is 0 Å². The van der Waals surface area contributed by atoms with Gasteiger partial charge in [0.2, 0.25) is 0 Å². The SMILES string of the molecule is O=C(NCC1CCCO1)N1CC=CCC1. The summed E-state index contributed by atoms with van der Waals surface area (Å²) in [4.78, 5) is 13.5. The first-order valence-corrected chi connectivity index (χ1v) is 5.65. The summed E-state index contributed by atoms with van der Waals surface area (Å²) < 4.78 is 5.44. The second-order valence-corrected chi connectivity index (χ2v) is 4.03. The van der Waals surface area contributed by atoms with E-state index in [1.54, 1.807) is 0 Å². The van der Waals surface area contributed by atoms with Gasteiger partial charge in [-0.15, -0.1) is 0 Å². The lowest BCUT2D eigenvalue weighted by Gasteiger charge is -2.24. The maximum atomic E-state index is 11.7. The molecule has 1 N–H and O–H groups in total. The summed E-state index contributed by atoms with van der Waals surface area (Å²) in [7, 11) is 0. The summed E-state index contributed by atoms with van der Waals surface area (Å²) in [5, 5.41) is 2.92. The molecule has 0 aromatic heterocycles. The minimum absolute atomic E-state index is 0.0369.